The van der Waals surface area contributed by atoms with Gasteiger partial charge in [0.2, 0.25) is 0 Å². The van der Waals surface area contributed by atoms with E-state index >= 15 is 0 Å². The lowest BCUT2D eigenvalue weighted by Gasteiger charge is -2.13. The van der Waals surface area contributed by atoms with Crippen molar-refractivity contribution in [3.63, 3.8) is 0 Å². The molecule has 0 saturated heterocycles. The second-order valence-corrected chi connectivity index (χ2v) is 8.11. The monoisotopic (exact) mass is 406 g/mol. The van der Waals surface area contributed by atoms with Crippen LogP contribution in [-0.4, -0.2) is 9.55 Å². The molecule has 0 amide bonds. The molecule has 1 heterocycles. The lowest BCUT2D eigenvalue weighted by Crippen LogP contribution is -2.21. The molecule has 1 aromatic heterocycles. The average molecular weight is 407 g/mol. The van der Waals surface area contributed by atoms with Gasteiger partial charge in [-0.25, -0.2) is 4.98 Å². The summed E-state index contributed by atoms with van der Waals surface area (Å²) < 4.78 is 1.67. The maximum atomic E-state index is 13.2. The Morgan fingerprint density at radius 2 is 1.71 bits per heavy atom. The van der Waals surface area contributed by atoms with Crippen LogP contribution in [-0.2, 0) is 5.75 Å². The molecular weight excluding hydrogens is 388 g/mol. The molecular formula is C23H19ClN2OS. The zero-order chi connectivity index (χ0) is 19.7. The van der Waals surface area contributed by atoms with Gasteiger partial charge in [0.05, 0.1) is 16.6 Å². The number of thioether (sulfide) groups is 1. The molecule has 0 bridgehead atoms. The lowest BCUT2D eigenvalue weighted by molar-refractivity contribution is 0.819. The minimum Gasteiger partial charge on any atom is -0.268 e. The molecule has 4 rings (SSSR count). The number of aromatic nitrogens is 2. The highest BCUT2D eigenvalue weighted by Gasteiger charge is 2.13. The van der Waals surface area contributed by atoms with E-state index in [1.165, 1.54) is 16.7 Å². The number of para-hydroxylation sites is 1. The molecule has 0 aliphatic carbocycles. The maximum Gasteiger partial charge on any atom is 0.266 e. The first-order chi connectivity index (χ1) is 13.5. The summed E-state index contributed by atoms with van der Waals surface area (Å²) in [4.78, 5) is 18.0. The lowest BCUT2D eigenvalue weighted by atomic mass is 10.1. The standard InChI is InChI=1S/C23H19ClN2OS/c1-15-7-8-17(13-16(15)2)14-28-23-25-21-6-4-3-5-20(21)22(27)26(23)19-11-9-18(24)10-12-19/h3-13H,14H2,1-2H3. The molecule has 140 valence electrons. The van der Waals surface area contributed by atoms with E-state index in [1.54, 1.807) is 28.5 Å². The maximum absolute atomic E-state index is 13.2. The third kappa shape index (κ3) is 3.71. The van der Waals surface area contributed by atoms with Gasteiger partial charge in [0.1, 0.15) is 0 Å². The first-order valence-corrected chi connectivity index (χ1v) is 10.4. The van der Waals surface area contributed by atoms with Gasteiger partial charge in [-0.1, -0.05) is 53.7 Å². The molecule has 5 heteroatoms. The van der Waals surface area contributed by atoms with Crippen LogP contribution in [0.5, 0.6) is 0 Å². The van der Waals surface area contributed by atoms with Gasteiger partial charge < -0.3 is 0 Å². The summed E-state index contributed by atoms with van der Waals surface area (Å²) in [5, 5.41) is 1.91. The molecule has 0 spiro atoms. The van der Waals surface area contributed by atoms with Crippen molar-refractivity contribution in [3.05, 3.63) is 98.8 Å². The molecule has 0 saturated carbocycles. The molecule has 0 fully saturated rings. The highest BCUT2D eigenvalue weighted by molar-refractivity contribution is 7.98. The smallest absolute Gasteiger partial charge is 0.266 e. The summed E-state index contributed by atoms with van der Waals surface area (Å²) >= 11 is 7.60. The Balaban J connectivity index is 1.81. The zero-order valence-corrected chi connectivity index (χ0v) is 17.2. The number of rotatable bonds is 4. The predicted molar refractivity (Wildman–Crippen MR) is 118 cm³/mol. The molecule has 28 heavy (non-hydrogen) atoms. The summed E-state index contributed by atoms with van der Waals surface area (Å²) in [5.41, 5.74) is 5.14. The van der Waals surface area contributed by atoms with Crippen LogP contribution in [0, 0.1) is 13.8 Å². The molecule has 3 aromatic carbocycles. The van der Waals surface area contributed by atoms with E-state index in [9.17, 15) is 4.79 Å². The van der Waals surface area contributed by atoms with E-state index in [4.69, 9.17) is 16.6 Å². The van der Waals surface area contributed by atoms with Crippen molar-refractivity contribution in [2.75, 3.05) is 0 Å². The van der Waals surface area contributed by atoms with Crippen LogP contribution in [0.25, 0.3) is 16.6 Å². The van der Waals surface area contributed by atoms with Crippen LogP contribution < -0.4 is 5.56 Å². The minimum atomic E-state index is -0.0736. The fourth-order valence-corrected chi connectivity index (χ4v) is 4.15. The normalized spacial score (nSPS) is 11.1. The number of aryl methyl sites for hydroxylation is 2. The zero-order valence-electron chi connectivity index (χ0n) is 15.6. The van der Waals surface area contributed by atoms with E-state index in [1.807, 2.05) is 36.4 Å². The van der Waals surface area contributed by atoms with Crippen molar-refractivity contribution in [2.24, 2.45) is 0 Å². The van der Waals surface area contributed by atoms with E-state index < -0.39 is 0 Å². The van der Waals surface area contributed by atoms with Gasteiger partial charge in [-0.05, 0) is 66.9 Å². The number of benzene rings is 3. The van der Waals surface area contributed by atoms with Gasteiger partial charge in [-0.2, -0.15) is 0 Å². The minimum absolute atomic E-state index is 0.0736. The molecule has 0 aliphatic rings. The van der Waals surface area contributed by atoms with E-state index in [0.29, 0.717) is 21.1 Å². The number of hydrogen-bond acceptors (Lipinski definition) is 3. The van der Waals surface area contributed by atoms with Crippen molar-refractivity contribution < 1.29 is 0 Å². The summed E-state index contributed by atoms with van der Waals surface area (Å²) in [6.07, 6.45) is 0. The van der Waals surface area contributed by atoms with E-state index in [2.05, 4.69) is 32.0 Å². The van der Waals surface area contributed by atoms with Crippen molar-refractivity contribution in [1.29, 1.82) is 0 Å². The van der Waals surface area contributed by atoms with E-state index in [-0.39, 0.29) is 5.56 Å². The molecule has 3 nitrogen and oxygen atoms in total. The Kier molecular flexibility index (Phi) is 5.25. The van der Waals surface area contributed by atoms with Crippen LogP contribution >= 0.6 is 23.4 Å². The molecule has 0 aliphatic heterocycles. The second kappa shape index (κ2) is 7.82. The highest BCUT2D eigenvalue weighted by atomic mass is 35.5. The Morgan fingerprint density at radius 3 is 2.46 bits per heavy atom. The summed E-state index contributed by atoms with van der Waals surface area (Å²) in [6.45, 7) is 4.22. The van der Waals surface area contributed by atoms with Crippen molar-refractivity contribution in [3.8, 4) is 5.69 Å². The van der Waals surface area contributed by atoms with Crippen molar-refractivity contribution in [2.45, 2.75) is 24.8 Å². The second-order valence-electron chi connectivity index (χ2n) is 6.74. The Morgan fingerprint density at radius 1 is 0.964 bits per heavy atom. The van der Waals surface area contributed by atoms with Gasteiger partial charge in [-0.15, -0.1) is 0 Å². The molecule has 0 atom stereocenters. The van der Waals surface area contributed by atoms with Crippen LogP contribution in [0.3, 0.4) is 0 Å². The predicted octanol–water partition coefficient (Wildman–Crippen LogP) is 5.95. The third-order valence-corrected chi connectivity index (χ3v) is 6.03. The molecule has 0 N–H and O–H groups in total. The fourth-order valence-electron chi connectivity index (χ4n) is 3.07. The molecule has 0 unspecified atom stereocenters. The Labute approximate surface area is 173 Å². The van der Waals surface area contributed by atoms with Crippen LogP contribution in [0.4, 0.5) is 0 Å². The number of hydrogen-bond donors (Lipinski definition) is 0. The van der Waals surface area contributed by atoms with Gasteiger partial charge in [0.25, 0.3) is 5.56 Å². The summed E-state index contributed by atoms with van der Waals surface area (Å²) in [6, 6.07) is 21.2. The summed E-state index contributed by atoms with van der Waals surface area (Å²) in [5.74, 6) is 0.736. The van der Waals surface area contributed by atoms with Gasteiger partial charge in [-0.3, -0.25) is 9.36 Å². The first-order valence-electron chi connectivity index (χ1n) is 8.99. The molecule has 4 aromatic rings. The summed E-state index contributed by atoms with van der Waals surface area (Å²) in [7, 11) is 0. The number of nitrogens with zero attached hydrogens (tertiary/aromatic N) is 2. The largest absolute Gasteiger partial charge is 0.268 e. The van der Waals surface area contributed by atoms with Gasteiger partial charge in [0.15, 0.2) is 5.16 Å². The average Bonchev–Trinajstić information content (AvgIpc) is 2.70. The Hall–Kier alpha value is -2.56. The fraction of sp³-hybridized carbons (Fsp3) is 0.130. The third-order valence-electron chi connectivity index (χ3n) is 4.77. The number of fused-ring (bicyclic) bond motifs is 1. The van der Waals surface area contributed by atoms with E-state index in [0.717, 1.165) is 11.4 Å². The topological polar surface area (TPSA) is 34.9 Å². The Bertz CT molecular complexity index is 1220. The SMILES string of the molecule is Cc1ccc(CSc2nc3ccccc3c(=O)n2-c2ccc(Cl)cc2)cc1C. The van der Waals surface area contributed by atoms with Crippen LogP contribution in [0.15, 0.2) is 76.7 Å². The van der Waals surface area contributed by atoms with Gasteiger partial charge >= 0.3 is 0 Å². The highest BCUT2D eigenvalue weighted by Crippen LogP contribution is 2.26. The van der Waals surface area contributed by atoms with Gasteiger partial charge in [0, 0.05) is 10.8 Å². The van der Waals surface area contributed by atoms with Crippen LogP contribution in [0.2, 0.25) is 5.02 Å². The quantitative estimate of drug-likeness (QED) is 0.310. The first kappa shape index (κ1) is 18.8. The molecule has 0 radical (unpaired) electrons. The van der Waals surface area contributed by atoms with Crippen molar-refractivity contribution in [1.82, 2.24) is 9.55 Å². The van der Waals surface area contributed by atoms with Crippen LogP contribution in [0.1, 0.15) is 16.7 Å². The van der Waals surface area contributed by atoms with Crippen molar-refractivity contribution >= 4 is 34.3 Å². The number of halogens is 1.